The smallest absolute Gasteiger partial charge is 0.262 e. The Hall–Kier alpha value is -2.56. The number of carbonyl (C=O) groups excluding carboxylic acids is 1. The number of hydrogen-bond acceptors (Lipinski definition) is 3. The topological polar surface area (TPSA) is 47.6 Å². The third-order valence-corrected chi connectivity index (χ3v) is 2.82. The van der Waals surface area contributed by atoms with E-state index in [0.717, 1.165) is 5.56 Å². The highest BCUT2D eigenvalue weighted by Crippen LogP contribution is 2.25. The van der Waals surface area contributed by atoms with Crippen molar-refractivity contribution in [1.29, 1.82) is 0 Å². The Bertz CT molecular complexity index is 643. The molecule has 21 heavy (non-hydrogen) atoms. The van der Waals surface area contributed by atoms with Crippen LogP contribution in [0.15, 0.2) is 42.5 Å². The number of methoxy groups -OCH3 is 1. The van der Waals surface area contributed by atoms with Gasteiger partial charge in [0, 0.05) is 0 Å². The molecular weight excluding hydrogens is 273 g/mol. The van der Waals surface area contributed by atoms with E-state index in [9.17, 15) is 9.18 Å². The normalized spacial score (nSPS) is 10.0. The third kappa shape index (κ3) is 3.95. The maximum absolute atomic E-state index is 13.5. The lowest BCUT2D eigenvalue weighted by atomic mass is 10.2. The third-order valence-electron chi connectivity index (χ3n) is 2.82. The number of anilines is 1. The molecule has 2 rings (SSSR count). The molecule has 1 amide bonds. The molecule has 0 fully saturated rings. The van der Waals surface area contributed by atoms with Crippen LogP contribution >= 0.6 is 0 Å². The fraction of sp³-hybridized carbons (Fsp3) is 0.188. The van der Waals surface area contributed by atoms with E-state index in [2.05, 4.69) is 5.32 Å². The molecule has 2 aromatic rings. The molecule has 0 spiro atoms. The first-order chi connectivity index (χ1) is 10.1. The molecule has 0 saturated heterocycles. The molecule has 110 valence electrons. The van der Waals surface area contributed by atoms with Crippen molar-refractivity contribution in [3.05, 3.63) is 53.8 Å². The van der Waals surface area contributed by atoms with E-state index in [1.165, 1.54) is 13.2 Å². The standard InChI is InChI=1S/C16H16FNO3/c1-11-7-8-12(17)13(9-11)18-16(19)10-21-15-6-4-3-5-14(15)20-2/h3-9H,10H2,1-2H3,(H,18,19). The maximum atomic E-state index is 13.5. The van der Waals surface area contributed by atoms with Crippen LogP contribution in [0.4, 0.5) is 10.1 Å². The first kappa shape index (κ1) is 14.8. The summed E-state index contributed by atoms with van der Waals surface area (Å²) >= 11 is 0. The van der Waals surface area contributed by atoms with Crippen LogP contribution in [0.5, 0.6) is 11.5 Å². The van der Waals surface area contributed by atoms with Gasteiger partial charge in [-0.2, -0.15) is 0 Å². The first-order valence-electron chi connectivity index (χ1n) is 6.42. The number of benzene rings is 2. The minimum atomic E-state index is -0.480. The second-order valence-corrected chi connectivity index (χ2v) is 4.47. The average molecular weight is 289 g/mol. The summed E-state index contributed by atoms with van der Waals surface area (Å²) in [5.74, 6) is 0.0727. The van der Waals surface area contributed by atoms with Crippen LogP contribution in [0.3, 0.4) is 0 Å². The number of hydrogen-bond donors (Lipinski definition) is 1. The number of carbonyl (C=O) groups is 1. The summed E-state index contributed by atoms with van der Waals surface area (Å²) in [4.78, 5) is 11.8. The van der Waals surface area contributed by atoms with E-state index in [1.807, 2.05) is 6.92 Å². The molecule has 0 saturated carbocycles. The molecule has 0 aliphatic heterocycles. The fourth-order valence-electron chi connectivity index (χ4n) is 1.80. The minimum absolute atomic E-state index is 0.142. The van der Waals surface area contributed by atoms with Crippen molar-refractivity contribution in [3.63, 3.8) is 0 Å². The van der Waals surface area contributed by atoms with Crippen LogP contribution in [0.2, 0.25) is 0 Å². The van der Waals surface area contributed by atoms with Crippen molar-refractivity contribution in [3.8, 4) is 11.5 Å². The molecule has 0 heterocycles. The molecule has 0 radical (unpaired) electrons. The molecule has 2 aromatic carbocycles. The summed E-state index contributed by atoms with van der Waals surface area (Å²) in [6.07, 6.45) is 0. The Morgan fingerprint density at radius 1 is 1.19 bits per heavy atom. The van der Waals surface area contributed by atoms with Gasteiger partial charge in [0.1, 0.15) is 5.82 Å². The molecule has 4 nitrogen and oxygen atoms in total. The van der Waals surface area contributed by atoms with Crippen molar-refractivity contribution in [2.45, 2.75) is 6.92 Å². The Balaban J connectivity index is 1.97. The second-order valence-electron chi connectivity index (χ2n) is 4.47. The Kier molecular flexibility index (Phi) is 4.77. The SMILES string of the molecule is COc1ccccc1OCC(=O)Nc1cc(C)ccc1F. The average Bonchev–Trinajstić information content (AvgIpc) is 2.49. The lowest BCUT2D eigenvalue weighted by Crippen LogP contribution is -2.21. The Morgan fingerprint density at radius 3 is 2.62 bits per heavy atom. The quantitative estimate of drug-likeness (QED) is 0.919. The van der Waals surface area contributed by atoms with E-state index in [0.29, 0.717) is 11.5 Å². The number of nitrogens with one attached hydrogen (secondary N) is 1. The van der Waals surface area contributed by atoms with Crippen molar-refractivity contribution >= 4 is 11.6 Å². The molecule has 1 N–H and O–H groups in total. The van der Waals surface area contributed by atoms with E-state index in [1.54, 1.807) is 36.4 Å². The summed E-state index contributed by atoms with van der Waals surface area (Å²) < 4.78 is 24.0. The summed E-state index contributed by atoms with van der Waals surface area (Å²) in [6, 6.07) is 11.5. The van der Waals surface area contributed by atoms with Crippen LogP contribution in [0.1, 0.15) is 5.56 Å². The lowest BCUT2D eigenvalue weighted by Gasteiger charge is -2.11. The largest absolute Gasteiger partial charge is 0.493 e. The summed E-state index contributed by atoms with van der Waals surface area (Å²) in [5, 5.41) is 2.48. The monoisotopic (exact) mass is 289 g/mol. The van der Waals surface area contributed by atoms with Crippen molar-refractivity contribution in [1.82, 2.24) is 0 Å². The van der Waals surface area contributed by atoms with Gasteiger partial charge in [-0.1, -0.05) is 18.2 Å². The molecule has 0 unspecified atom stereocenters. The molecule has 0 aliphatic rings. The fourth-order valence-corrected chi connectivity index (χ4v) is 1.80. The van der Waals surface area contributed by atoms with Crippen molar-refractivity contribution in [2.75, 3.05) is 19.0 Å². The van der Waals surface area contributed by atoms with Crippen LogP contribution < -0.4 is 14.8 Å². The zero-order valence-electron chi connectivity index (χ0n) is 11.9. The van der Waals surface area contributed by atoms with Gasteiger partial charge in [0.05, 0.1) is 12.8 Å². The van der Waals surface area contributed by atoms with Crippen LogP contribution in [0, 0.1) is 12.7 Å². The zero-order chi connectivity index (χ0) is 15.2. The number of para-hydroxylation sites is 2. The lowest BCUT2D eigenvalue weighted by molar-refractivity contribution is -0.118. The molecule has 0 atom stereocenters. The number of ether oxygens (including phenoxy) is 2. The zero-order valence-corrected chi connectivity index (χ0v) is 11.9. The predicted octanol–water partition coefficient (Wildman–Crippen LogP) is 3.16. The van der Waals surface area contributed by atoms with Gasteiger partial charge in [-0.15, -0.1) is 0 Å². The number of amides is 1. The van der Waals surface area contributed by atoms with Crippen molar-refractivity contribution < 1.29 is 18.7 Å². The van der Waals surface area contributed by atoms with Gasteiger partial charge in [-0.3, -0.25) is 4.79 Å². The van der Waals surface area contributed by atoms with Crippen LogP contribution in [0.25, 0.3) is 0 Å². The highest BCUT2D eigenvalue weighted by Gasteiger charge is 2.09. The predicted molar refractivity (Wildman–Crippen MR) is 78.3 cm³/mol. The molecular formula is C16H16FNO3. The number of halogens is 1. The molecule has 5 heteroatoms. The van der Waals surface area contributed by atoms with Crippen molar-refractivity contribution in [2.24, 2.45) is 0 Å². The molecule has 0 aromatic heterocycles. The van der Waals surface area contributed by atoms with E-state index in [4.69, 9.17) is 9.47 Å². The van der Waals surface area contributed by atoms with Crippen LogP contribution in [-0.4, -0.2) is 19.6 Å². The summed E-state index contributed by atoms with van der Waals surface area (Å²) in [5.41, 5.74) is 1.00. The number of aryl methyl sites for hydroxylation is 1. The van der Waals surface area contributed by atoms with Gasteiger partial charge in [0.15, 0.2) is 18.1 Å². The van der Waals surface area contributed by atoms with E-state index in [-0.39, 0.29) is 12.3 Å². The first-order valence-corrected chi connectivity index (χ1v) is 6.42. The maximum Gasteiger partial charge on any atom is 0.262 e. The van der Waals surface area contributed by atoms with Gasteiger partial charge in [0.25, 0.3) is 5.91 Å². The van der Waals surface area contributed by atoms with Gasteiger partial charge in [-0.05, 0) is 36.8 Å². The van der Waals surface area contributed by atoms with Gasteiger partial charge in [0.2, 0.25) is 0 Å². The van der Waals surface area contributed by atoms with Gasteiger partial charge in [-0.25, -0.2) is 4.39 Å². The van der Waals surface area contributed by atoms with Gasteiger partial charge >= 0.3 is 0 Å². The summed E-state index contributed by atoms with van der Waals surface area (Å²) in [6.45, 7) is 1.59. The highest BCUT2D eigenvalue weighted by atomic mass is 19.1. The Morgan fingerprint density at radius 2 is 1.90 bits per heavy atom. The van der Waals surface area contributed by atoms with E-state index < -0.39 is 11.7 Å². The number of rotatable bonds is 5. The Labute approximate surface area is 122 Å². The molecule has 0 bridgehead atoms. The van der Waals surface area contributed by atoms with Gasteiger partial charge < -0.3 is 14.8 Å². The minimum Gasteiger partial charge on any atom is -0.493 e. The van der Waals surface area contributed by atoms with E-state index >= 15 is 0 Å². The molecule has 0 aliphatic carbocycles. The second kappa shape index (κ2) is 6.74. The summed E-state index contributed by atoms with van der Waals surface area (Å²) in [7, 11) is 1.52. The van der Waals surface area contributed by atoms with Crippen LogP contribution in [-0.2, 0) is 4.79 Å². The highest BCUT2D eigenvalue weighted by molar-refractivity contribution is 5.92.